The first-order chi connectivity index (χ1) is 12.2. The third-order valence-corrected chi connectivity index (χ3v) is 4.58. The van der Waals surface area contributed by atoms with Gasteiger partial charge in [0, 0.05) is 18.7 Å². The van der Waals surface area contributed by atoms with Gasteiger partial charge in [0.2, 0.25) is 0 Å². The zero-order valence-electron chi connectivity index (χ0n) is 13.6. The summed E-state index contributed by atoms with van der Waals surface area (Å²) >= 11 is 0. The molecular weight excluding hydrogens is 321 g/mol. The highest BCUT2D eigenvalue weighted by molar-refractivity contribution is 5.93. The quantitative estimate of drug-likeness (QED) is 0.789. The third-order valence-electron chi connectivity index (χ3n) is 4.58. The molecule has 1 amide bonds. The van der Waals surface area contributed by atoms with Crippen molar-refractivity contribution in [3.63, 3.8) is 0 Å². The molecule has 3 heterocycles. The van der Waals surface area contributed by atoms with Crippen LogP contribution < -0.4 is 0 Å². The number of amides is 1. The molecule has 1 fully saturated rings. The van der Waals surface area contributed by atoms with E-state index in [1.165, 1.54) is 12.1 Å². The number of carbonyl (C=O) groups excluding carboxylic acids is 1. The summed E-state index contributed by atoms with van der Waals surface area (Å²) in [6.45, 7) is 0.696. The van der Waals surface area contributed by atoms with E-state index in [-0.39, 0.29) is 17.8 Å². The fraction of sp³-hybridized carbons (Fsp3) is 0.263. The number of rotatable bonds is 4. The minimum atomic E-state index is -0.247. The van der Waals surface area contributed by atoms with Gasteiger partial charge in [-0.05, 0) is 49.1 Å². The van der Waals surface area contributed by atoms with Crippen LogP contribution in [0.1, 0.15) is 28.9 Å². The Hall–Kier alpha value is -2.89. The number of H-pyrrole nitrogens is 1. The van der Waals surface area contributed by atoms with Gasteiger partial charge >= 0.3 is 0 Å². The highest BCUT2D eigenvalue weighted by atomic mass is 19.1. The van der Waals surface area contributed by atoms with Crippen LogP contribution in [0.3, 0.4) is 0 Å². The number of carbonyl (C=O) groups is 1. The second-order valence-electron chi connectivity index (χ2n) is 6.27. The molecule has 1 atom stereocenters. The Bertz CT molecular complexity index is 872. The molecule has 0 bridgehead atoms. The molecule has 0 radical (unpaired) electrons. The standard InChI is InChI=1S/C19H18FN3O2/c20-14-5-1-4-13(10-14)11-15-6-2-8-23(15)19(24)17-12-16(21-22-17)18-7-3-9-25-18/h1,3-5,7,9-10,12,15H,2,6,8,11H2,(H,21,22)/t15-/m0/s1. The average molecular weight is 339 g/mol. The number of aromatic amines is 1. The van der Waals surface area contributed by atoms with Gasteiger partial charge in [-0.1, -0.05) is 12.1 Å². The Labute approximate surface area is 144 Å². The minimum Gasteiger partial charge on any atom is -0.463 e. The second kappa shape index (κ2) is 6.55. The van der Waals surface area contributed by atoms with Gasteiger partial charge in [0.05, 0.1) is 6.26 Å². The number of hydrogen-bond acceptors (Lipinski definition) is 3. The van der Waals surface area contributed by atoms with Crippen molar-refractivity contribution in [3.05, 3.63) is 65.8 Å². The number of aromatic nitrogens is 2. The molecule has 0 aliphatic carbocycles. The zero-order chi connectivity index (χ0) is 17.2. The molecule has 6 heteroatoms. The molecular formula is C19H18FN3O2. The fourth-order valence-corrected chi connectivity index (χ4v) is 3.39. The number of nitrogens with zero attached hydrogens (tertiary/aromatic N) is 2. The molecule has 1 saturated heterocycles. The molecule has 25 heavy (non-hydrogen) atoms. The smallest absolute Gasteiger partial charge is 0.274 e. The van der Waals surface area contributed by atoms with Crippen molar-refractivity contribution in [1.29, 1.82) is 0 Å². The zero-order valence-corrected chi connectivity index (χ0v) is 13.6. The van der Waals surface area contributed by atoms with Crippen LogP contribution in [0.25, 0.3) is 11.5 Å². The van der Waals surface area contributed by atoms with E-state index in [4.69, 9.17) is 4.42 Å². The number of halogens is 1. The summed E-state index contributed by atoms with van der Waals surface area (Å²) in [7, 11) is 0. The van der Waals surface area contributed by atoms with E-state index in [2.05, 4.69) is 10.2 Å². The maximum absolute atomic E-state index is 13.4. The molecule has 0 spiro atoms. The number of furan rings is 1. The van der Waals surface area contributed by atoms with Crippen LogP contribution >= 0.6 is 0 Å². The summed E-state index contributed by atoms with van der Waals surface area (Å²) in [5.74, 6) is 0.293. The van der Waals surface area contributed by atoms with E-state index in [1.54, 1.807) is 24.5 Å². The molecule has 3 aromatic rings. The van der Waals surface area contributed by atoms with Crippen LogP contribution in [0.4, 0.5) is 4.39 Å². The van der Waals surface area contributed by atoms with E-state index >= 15 is 0 Å². The lowest BCUT2D eigenvalue weighted by Crippen LogP contribution is -2.37. The molecule has 2 aromatic heterocycles. The summed E-state index contributed by atoms with van der Waals surface area (Å²) in [6.07, 6.45) is 4.09. The predicted octanol–water partition coefficient (Wildman–Crippen LogP) is 3.66. The molecule has 0 unspecified atom stereocenters. The summed E-state index contributed by atoms with van der Waals surface area (Å²) in [5, 5.41) is 6.98. The Morgan fingerprint density at radius 2 is 2.24 bits per heavy atom. The molecule has 1 aromatic carbocycles. The van der Waals surface area contributed by atoms with E-state index < -0.39 is 0 Å². The van der Waals surface area contributed by atoms with Crippen molar-refractivity contribution in [2.75, 3.05) is 6.54 Å². The van der Waals surface area contributed by atoms with E-state index in [0.717, 1.165) is 18.4 Å². The van der Waals surface area contributed by atoms with Gasteiger partial charge in [-0.3, -0.25) is 9.89 Å². The summed E-state index contributed by atoms with van der Waals surface area (Å²) in [6, 6.07) is 11.9. The maximum Gasteiger partial charge on any atom is 0.274 e. The topological polar surface area (TPSA) is 62.1 Å². The lowest BCUT2D eigenvalue weighted by atomic mass is 10.0. The first-order valence-electron chi connectivity index (χ1n) is 8.35. The fourth-order valence-electron chi connectivity index (χ4n) is 3.39. The molecule has 0 saturated carbocycles. The number of likely N-dealkylation sites (tertiary alicyclic amines) is 1. The lowest BCUT2D eigenvalue weighted by Gasteiger charge is -2.24. The van der Waals surface area contributed by atoms with E-state index in [9.17, 15) is 9.18 Å². The average Bonchev–Trinajstić information content (AvgIpc) is 3.35. The second-order valence-corrected chi connectivity index (χ2v) is 6.27. The van der Waals surface area contributed by atoms with Crippen LogP contribution in [-0.4, -0.2) is 33.6 Å². The Kier molecular flexibility index (Phi) is 4.09. The van der Waals surface area contributed by atoms with Gasteiger partial charge in [-0.15, -0.1) is 0 Å². The van der Waals surface area contributed by atoms with E-state index in [1.807, 2.05) is 17.0 Å². The van der Waals surface area contributed by atoms with Crippen molar-refractivity contribution >= 4 is 5.91 Å². The maximum atomic E-state index is 13.4. The number of hydrogen-bond donors (Lipinski definition) is 1. The number of nitrogens with one attached hydrogen (secondary N) is 1. The predicted molar refractivity (Wildman–Crippen MR) is 90.5 cm³/mol. The largest absolute Gasteiger partial charge is 0.463 e. The molecule has 128 valence electrons. The van der Waals surface area contributed by atoms with Gasteiger partial charge in [0.1, 0.15) is 11.5 Å². The van der Waals surface area contributed by atoms with Crippen molar-refractivity contribution in [1.82, 2.24) is 15.1 Å². The summed E-state index contributed by atoms with van der Waals surface area (Å²) < 4.78 is 18.7. The van der Waals surface area contributed by atoms with Gasteiger partial charge in [-0.2, -0.15) is 5.10 Å². The SMILES string of the molecule is O=C(c1cc(-c2ccco2)[nH]n1)N1CCC[C@H]1Cc1cccc(F)c1. The van der Waals surface area contributed by atoms with Crippen molar-refractivity contribution in [2.45, 2.75) is 25.3 Å². The molecule has 5 nitrogen and oxygen atoms in total. The molecule has 1 aliphatic rings. The van der Waals surface area contributed by atoms with Crippen LogP contribution in [-0.2, 0) is 6.42 Å². The Balaban J connectivity index is 1.51. The third kappa shape index (κ3) is 3.20. The van der Waals surface area contributed by atoms with Gasteiger partial charge in [0.25, 0.3) is 5.91 Å². The highest BCUT2D eigenvalue weighted by Crippen LogP contribution is 2.25. The van der Waals surface area contributed by atoms with Crippen LogP contribution in [0.2, 0.25) is 0 Å². The summed E-state index contributed by atoms with van der Waals surface area (Å²) in [4.78, 5) is 14.7. The first-order valence-corrected chi connectivity index (χ1v) is 8.35. The normalized spacial score (nSPS) is 17.2. The number of benzene rings is 1. The van der Waals surface area contributed by atoms with E-state index in [0.29, 0.717) is 30.1 Å². The van der Waals surface area contributed by atoms with Gasteiger partial charge < -0.3 is 9.32 Å². The Morgan fingerprint density at radius 1 is 1.32 bits per heavy atom. The van der Waals surface area contributed by atoms with Crippen LogP contribution in [0.15, 0.2) is 53.1 Å². The summed E-state index contributed by atoms with van der Waals surface area (Å²) in [5.41, 5.74) is 1.95. The van der Waals surface area contributed by atoms with Crippen molar-refractivity contribution in [3.8, 4) is 11.5 Å². The van der Waals surface area contributed by atoms with Crippen molar-refractivity contribution < 1.29 is 13.6 Å². The Morgan fingerprint density at radius 3 is 3.04 bits per heavy atom. The van der Waals surface area contributed by atoms with Gasteiger partial charge in [-0.25, -0.2) is 4.39 Å². The van der Waals surface area contributed by atoms with Gasteiger partial charge in [0.15, 0.2) is 11.5 Å². The highest BCUT2D eigenvalue weighted by Gasteiger charge is 2.31. The van der Waals surface area contributed by atoms with Crippen LogP contribution in [0, 0.1) is 5.82 Å². The molecule has 4 rings (SSSR count). The monoisotopic (exact) mass is 339 g/mol. The molecule has 1 aliphatic heterocycles. The molecule has 1 N–H and O–H groups in total. The first kappa shape index (κ1) is 15.6. The minimum absolute atomic E-state index is 0.0677. The lowest BCUT2D eigenvalue weighted by molar-refractivity contribution is 0.0730. The van der Waals surface area contributed by atoms with Crippen LogP contribution in [0.5, 0.6) is 0 Å². The van der Waals surface area contributed by atoms with Crippen molar-refractivity contribution in [2.24, 2.45) is 0 Å².